The Bertz CT molecular complexity index is 433. The van der Waals surface area contributed by atoms with E-state index in [0.717, 1.165) is 19.0 Å². The summed E-state index contributed by atoms with van der Waals surface area (Å²) in [5.41, 5.74) is 6.54. The van der Waals surface area contributed by atoms with Gasteiger partial charge in [0.25, 0.3) is 0 Å². The summed E-state index contributed by atoms with van der Waals surface area (Å²) in [7, 11) is 1.71. The normalized spacial score (nSPS) is 14.6. The first kappa shape index (κ1) is 14.9. The number of rotatable bonds is 8. The molecular formula is C15H25N3O2. The van der Waals surface area contributed by atoms with Gasteiger partial charge in [0.15, 0.2) is 0 Å². The number of nitrogens with two attached hydrogens (primary N) is 1. The second kappa shape index (κ2) is 6.79. The highest BCUT2D eigenvalue weighted by Crippen LogP contribution is 2.31. The molecule has 0 radical (unpaired) electrons. The van der Waals surface area contributed by atoms with E-state index in [1.165, 1.54) is 12.8 Å². The molecule has 1 saturated carbocycles. The van der Waals surface area contributed by atoms with E-state index in [-0.39, 0.29) is 0 Å². The van der Waals surface area contributed by atoms with Crippen LogP contribution in [0.5, 0.6) is 5.88 Å². The molecule has 1 aromatic heterocycles. The predicted molar refractivity (Wildman–Crippen MR) is 81.2 cm³/mol. The van der Waals surface area contributed by atoms with Crippen LogP contribution in [0.15, 0.2) is 12.1 Å². The lowest BCUT2D eigenvalue weighted by atomic mass is 10.3. The number of pyridine rings is 1. The van der Waals surface area contributed by atoms with Gasteiger partial charge in [0, 0.05) is 19.7 Å². The first-order valence-corrected chi connectivity index (χ1v) is 7.26. The fraction of sp³-hybridized carbons (Fsp3) is 0.667. The Balaban J connectivity index is 2.09. The molecule has 0 bridgehead atoms. The lowest BCUT2D eigenvalue weighted by molar-refractivity contribution is 0.203. The second-order valence-electron chi connectivity index (χ2n) is 5.60. The van der Waals surface area contributed by atoms with E-state index in [1.807, 2.05) is 12.1 Å². The Morgan fingerprint density at radius 3 is 2.75 bits per heavy atom. The van der Waals surface area contributed by atoms with E-state index in [2.05, 4.69) is 23.7 Å². The number of ether oxygens (including phenoxy) is 2. The zero-order chi connectivity index (χ0) is 14.5. The van der Waals surface area contributed by atoms with E-state index >= 15 is 0 Å². The molecule has 1 aromatic rings. The van der Waals surface area contributed by atoms with Crippen molar-refractivity contribution >= 4 is 11.5 Å². The lowest BCUT2D eigenvalue weighted by Gasteiger charge is -2.28. The van der Waals surface area contributed by atoms with E-state index < -0.39 is 0 Å². The molecule has 1 fully saturated rings. The highest BCUT2D eigenvalue weighted by atomic mass is 16.5. The van der Waals surface area contributed by atoms with Crippen molar-refractivity contribution in [3.63, 3.8) is 0 Å². The molecule has 0 amide bonds. The summed E-state index contributed by atoms with van der Waals surface area (Å²) in [5, 5.41) is 0. The first-order chi connectivity index (χ1) is 9.61. The second-order valence-corrected chi connectivity index (χ2v) is 5.60. The van der Waals surface area contributed by atoms with Crippen LogP contribution in [0.4, 0.5) is 11.5 Å². The third-order valence-electron chi connectivity index (χ3n) is 3.48. The molecule has 5 heteroatoms. The van der Waals surface area contributed by atoms with Crippen molar-refractivity contribution in [1.82, 2.24) is 4.98 Å². The number of nitrogens with zero attached hydrogens (tertiary/aromatic N) is 2. The summed E-state index contributed by atoms with van der Waals surface area (Å²) < 4.78 is 10.9. The van der Waals surface area contributed by atoms with Crippen molar-refractivity contribution < 1.29 is 9.47 Å². The number of aromatic nitrogens is 1. The SMILES string of the molecule is COCCN(c1ccc(N)c(OCC2CC2)n1)C(C)C. The van der Waals surface area contributed by atoms with Gasteiger partial charge in [-0.25, -0.2) is 0 Å². The number of hydrogen-bond acceptors (Lipinski definition) is 5. The first-order valence-electron chi connectivity index (χ1n) is 7.26. The van der Waals surface area contributed by atoms with Crippen LogP contribution in [0.3, 0.4) is 0 Å². The molecule has 1 heterocycles. The van der Waals surface area contributed by atoms with Crippen LogP contribution >= 0.6 is 0 Å². The number of hydrogen-bond donors (Lipinski definition) is 1. The van der Waals surface area contributed by atoms with Crippen LogP contribution < -0.4 is 15.4 Å². The average Bonchev–Trinajstić information content (AvgIpc) is 3.23. The molecule has 2 N–H and O–H groups in total. The van der Waals surface area contributed by atoms with E-state index in [0.29, 0.717) is 30.1 Å². The molecular weight excluding hydrogens is 254 g/mol. The third-order valence-corrected chi connectivity index (χ3v) is 3.48. The molecule has 1 aliphatic carbocycles. The summed E-state index contributed by atoms with van der Waals surface area (Å²) in [5.74, 6) is 2.13. The highest BCUT2D eigenvalue weighted by molar-refractivity contribution is 5.54. The van der Waals surface area contributed by atoms with Crippen molar-refractivity contribution in [2.45, 2.75) is 32.7 Å². The minimum Gasteiger partial charge on any atom is -0.476 e. The van der Waals surface area contributed by atoms with Gasteiger partial charge in [-0.15, -0.1) is 0 Å². The molecule has 0 unspecified atom stereocenters. The van der Waals surface area contributed by atoms with Crippen molar-refractivity contribution in [1.29, 1.82) is 0 Å². The summed E-state index contributed by atoms with van der Waals surface area (Å²) in [6, 6.07) is 4.15. The van der Waals surface area contributed by atoms with Crippen molar-refractivity contribution in [2.24, 2.45) is 5.92 Å². The molecule has 1 aliphatic rings. The van der Waals surface area contributed by atoms with Gasteiger partial charge in [0.05, 0.1) is 18.9 Å². The van der Waals surface area contributed by atoms with Gasteiger partial charge in [-0.05, 0) is 44.7 Å². The fourth-order valence-corrected chi connectivity index (χ4v) is 2.03. The smallest absolute Gasteiger partial charge is 0.239 e. The minimum atomic E-state index is 0.345. The molecule has 0 atom stereocenters. The Morgan fingerprint density at radius 1 is 1.40 bits per heavy atom. The molecule has 5 nitrogen and oxygen atoms in total. The number of methoxy groups -OCH3 is 1. The minimum absolute atomic E-state index is 0.345. The summed E-state index contributed by atoms with van der Waals surface area (Å²) >= 11 is 0. The highest BCUT2D eigenvalue weighted by Gasteiger charge is 2.23. The quantitative estimate of drug-likeness (QED) is 0.791. The van der Waals surface area contributed by atoms with Gasteiger partial charge < -0.3 is 20.1 Å². The zero-order valence-corrected chi connectivity index (χ0v) is 12.6. The molecule has 112 valence electrons. The standard InChI is InChI=1S/C15H25N3O2/c1-11(2)18(8-9-19-3)14-7-6-13(16)15(17-14)20-10-12-4-5-12/h6-7,11-12H,4-5,8-10,16H2,1-3H3. The largest absolute Gasteiger partial charge is 0.476 e. The maximum Gasteiger partial charge on any atom is 0.239 e. The van der Waals surface area contributed by atoms with Crippen molar-refractivity contribution in [2.75, 3.05) is 37.5 Å². The molecule has 0 aliphatic heterocycles. The topological polar surface area (TPSA) is 60.6 Å². The van der Waals surface area contributed by atoms with Crippen LogP contribution in [0.25, 0.3) is 0 Å². The monoisotopic (exact) mass is 279 g/mol. The van der Waals surface area contributed by atoms with E-state index in [9.17, 15) is 0 Å². The van der Waals surface area contributed by atoms with Gasteiger partial charge in [-0.3, -0.25) is 0 Å². The summed E-state index contributed by atoms with van der Waals surface area (Å²) in [6.45, 7) is 6.47. The molecule has 0 saturated heterocycles. The van der Waals surface area contributed by atoms with Gasteiger partial charge in [0.1, 0.15) is 5.82 Å². The zero-order valence-electron chi connectivity index (χ0n) is 12.6. The maximum atomic E-state index is 5.94. The van der Waals surface area contributed by atoms with Crippen molar-refractivity contribution in [3.8, 4) is 5.88 Å². The molecule has 0 aromatic carbocycles. The average molecular weight is 279 g/mol. The fourth-order valence-electron chi connectivity index (χ4n) is 2.03. The van der Waals surface area contributed by atoms with Gasteiger partial charge in [-0.2, -0.15) is 4.98 Å². The number of nitrogen functional groups attached to an aromatic ring is 1. The Labute approximate surface area is 121 Å². The van der Waals surface area contributed by atoms with E-state index in [1.54, 1.807) is 7.11 Å². The molecule has 2 rings (SSSR count). The van der Waals surface area contributed by atoms with Gasteiger partial charge in [0.2, 0.25) is 5.88 Å². The van der Waals surface area contributed by atoms with Crippen molar-refractivity contribution in [3.05, 3.63) is 12.1 Å². The van der Waals surface area contributed by atoms with Crippen LogP contribution in [0.2, 0.25) is 0 Å². The Morgan fingerprint density at radius 2 is 2.15 bits per heavy atom. The van der Waals surface area contributed by atoms with Crippen LogP contribution in [-0.2, 0) is 4.74 Å². The van der Waals surface area contributed by atoms with Gasteiger partial charge >= 0.3 is 0 Å². The lowest BCUT2D eigenvalue weighted by Crippen LogP contribution is -2.34. The van der Waals surface area contributed by atoms with Crippen LogP contribution in [0, 0.1) is 5.92 Å². The maximum absolute atomic E-state index is 5.94. The Kier molecular flexibility index (Phi) is 5.06. The predicted octanol–water partition coefficient (Wildman–Crippen LogP) is 2.31. The van der Waals surface area contributed by atoms with E-state index in [4.69, 9.17) is 15.2 Å². The molecule has 0 spiro atoms. The summed E-state index contributed by atoms with van der Waals surface area (Å²) in [6.07, 6.45) is 2.51. The molecule has 20 heavy (non-hydrogen) atoms. The Hall–Kier alpha value is -1.49. The van der Waals surface area contributed by atoms with Gasteiger partial charge in [-0.1, -0.05) is 0 Å². The third kappa shape index (κ3) is 4.00. The van der Waals surface area contributed by atoms with Crippen LogP contribution in [-0.4, -0.2) is 37.9 Å². The summed E-state index contributed by atoms with van der Waals surface area (Å²) in [4.78, 5) is 6.76. The van der Waals surface area contributed by atoms with Crippen LogP contribution in [0.1, 0.15) is 26.7 Å². The number of anilines is 2.